The van der Waals surface area contributed by atoms with E-state index in [-0.39, 0.29) is 5.91 Å². The Bertz CT molecular complexity index is 798. The van der Waals surface area contributed by atoms with Crippen molar-refractivity contribution in [2.24, 2.45) is 0 Å². The predicted octanol–water partition coefficient (Wildman–Crippen LogP) is 3.80. The second-order valence-electron chi connectivity index (χ2n) is 4.57. The smallest absolute Gasteiger partial charge is 0.257 e. The van der Waals surface area contributed by atoms with Crippen LogP contribution in [0, 0.1) is 6.92 Å². The van der Waals surface area contributed by atoms with Gasteiger partial charge in [0.1, 0.15) is 17.0 Å². The van der Waals surface area contributed by atoms with Crippen molar-refractivity contribution in [1.82, 2.24) is 15.5 Å². The van der Waals surface area contributed by atoms with Crippen LogP contribution in [0.3, 0.4) is 0 Å². The maximum Gasteiger partial charge on any atom is 0.257 e. The highest BCUT2D eigenvalue weighted by Gasteiger charge is 2.22. The number of hydrogen-bond acceptors (Lipinski definition) is 5. The molecule has 0 saturated heterocycles. The Hall–Kier alpha value is -1.99. The number of rotatable bonds is 4. The van der Waals surface area contributed by atoms with Crippen molar-refractivity contribution in [3.05, 3.63) is 57.3 Å². The van der Waals surface area contributed by atoms with Gasteiger partial charge in [-0.3, -0.25) is 9.78 Å². The van der Waals surface area contributed by atoms with E-state index >= 15 is 0 Å². The number of carbonyl (C=O) groups is 1. The van der Waals surface area contributed by atoms with Crippen LogP contribution in [0.1, 0.15) is 21.8 Å². The summed E-state index contributed by atoms with van der Waals surface area (Å²) in [5.74, 6) is 0.280. The number of nitrogens with one attached hydrogen (secondary N) is 1. The van der Waals surface area contributed by atoms with Gasteiger partial charge in [-0.25, -0.2) is 0 Å². The first-order chi connectivity index (χ1) is 10.6. The molecule has 0 saturated carbocycles. The molecule has 3 aromatic rings. The fourth-order valence-electron chi connectivity index (χ4n) is 2.01. The van der Waals surface area contributed by atoms with E-state index in [1.165, 1.54) is 11.3 Å². The fourth-order valence-corrected chi connectivity index (χ4v) is 3.38. The zero-order valence-corrected chi connectivity index (χ0v) is 14.1. The summed E-state index contributed by atoms with van der Waals surface area (Å²) < 4.78 is 6.17. The first-order valence-electron chi connectivity index (χ1n) is 6.55. The Morgan fingerprint density at radius 1 is 1.36 bits per heavy atom. The summed E-state index contributed by atoms with van der Waals surface area (Å²) >= 11 is 4.91. The molecule has 0 fully saturated rings. The first-order valence-corrected chi connectivity index (χ1v) is 8.16. The van der Waals surface area contributed by atoms with Crippen molar-refractivity contribution >= 4 is 33.2 Å². The summed E-state index contributed by atoms with van der Waals surface area (Å²) in [7, 11) is 0. The monoisotopic (exact) mass is 377 g/mol. The molecule has 3 heterocycles. The lowest BCUT2D eigenvalue weighted by atomic mass is 10.1. The number of hydrogen-bond donors (Lipinski definition) is 1. The van der Waals surface area contributed by atoms with E-state index in [4.69, 9.17) is 4.52 Å². The highest BCUT2D eigenvalue weighted by Crippen LogP contribution is 2.33. The Balaban J connectivity index is 1.82. The molecular formula is C15H12BrN3O2S. The Labute approximate surface area is 139 Å². The largest absolute Gasteiger partial charge is 0.360 e. The third-order valence-corrected chi connectivity index (χ3v) is 4.68. The predicted molar refractivity (Wildman–Crippen MR) is 87.7 cm³/mol. The van der Waals surface area contributed by atoms with E-state index in [0.717, 1.165) is 14.4 Å². The van der Waals surface area contributed by atoms with Gasteiger partial charge in [-0.05, 0) is 47.1 Å². The molecule has 7 heteroatoms. The molecule has 5 nitrogen and oxygen atoms in total. The van der Waals surface area contributed by atoms with Crippen LogP contribution in [0.15, 0.2) is 44.8 Å². The highest BCUT2D eigenvalue weighted by atomic mass is 79.9. The molecule has 112 valence electrons. The summed E-state index contributed by atoms with van der Waals surface area (Å²) in [6, 6.07) is 9.40. The van der Waals surface area contributed by atoms with Crippen molar-refractivity contribution in [3.8, 4) is 10.6 Å². The van der Waals surface area contributed by atoms with Crippen LogP contribution in [0.2, 0.25) is 0 Å². The molecule has 1 amide bonds. The number of aryl methyl sites for hydroxylation is 1. The van der Waals surface area contributed by atoms with Gasteiger partial charge >= 0.3 is 0 Å². The minimum atomic E-state index is -0.219. The number of carbonyl (C=O) groups excluding carboxylic acids is 1. The lowest BCUT2D eigenvalue weighted by Gasteiger charge is -2.04. The quantitative estimate of drug-likeness (QED) is 0.750. The second kappa shape index (κ2) is 6.41. The van der Waals surface area contributed by atoms with E-state index in [2.05, 4.69) is 31.4 Å². The lowest BCUT2D eigenvalue weighted by molar-refractivity contribution is 0.0949. The third-order valence-electron chi connectivity index (χ3n) is 3.05. The Morgan fingerprint density at radius 2 is 2.23 bits per heavy atom. The van der Waals surface area contributed by atoms with Crippen molar-refractivity contribution in [3.63, 3.8) is 0 Å². The van der Waals surface area contributed by atoms with E-state index in [9.17, 15) is 4.79 Å². The van der Waals surface area contributed by atoms with Gasteiger partial charge in [0.05, 0.1) is 20.9 Å². The molecule has 0 unspecified atom stereocenters. The molecule has 0 aliphatic heterocycles. The molecule has 0 aliphatic carbocycles. The second-order valence-corrected chi connectivity index (χ2v) is 7.03. The maximum absolute atomic E-state index is 12.5. The number of pyridine rings is 1. The molecular weight excluding hydrogens is 366 g/mol. The number of nitrogens with zero attached hydrogens (tertiary/aromatic N) is 2. The normalized spacial score (nSPS) is 10.6. The van der Waals surface area contributed by atoms with Crippen molar-refractivity contribution < 1.29 is 9.32 Å². The minimum absolute atomic E-state index is 0.219. The first kappa shape index (κ1) is 14.9. The van der Waals surface area contributed by atoms with Crippen molar-refractivity contribution in [2.45, 2.75) is 13.5 Å². The van der Waals surface area contributed by atoms with Crippen LogP contribution in [0.4, 0.5) is 0 Å². The van der Waals surface area contributed by atoms with Crippen LogP contribution in [-0.4, -0.2) is 16.0 Å². The van der Waals surface area contributed by atoms with Gasteiger partial charge in [0.25, 0.3) is 5.91 Å². The molecule has 1 N–H and O–H groups in total. The van der Waals surface area contributed by atoms with Crippen molar-refractivity contribution in [1.29, 1.82) is 0 Å². The van der Waals surface area contributed by atoms with Gasteiger partial charge in [-0.2, -0.15) is 0 Å². The van der Waals surface area contributed by atoms with Crippen LogP contribution in [0.5, 0.6) is 0 Å². The van der Waals surface area contributed by atoms with E-state index < -0.39 is 0 Å². The Morgan fingerprint density at radius 3 is 2.91 bits per heavy atom. The van der Waals surface area contributed by atoms with Gasteiger partial charge < -0.3 is 9.84 Å². The molecule has 0 spiro atoms. The maximum atomic E-state index is 12.5. The van der Waals surface area contributed by atoms with Gasteiger partial charge in [0.2, 0.25) is 0 Å². The Kier molecular flexibility index (Phi) is 4.35. The molecule has 0 aromatic carbocycles. The summed E-state index contributed by atoms with van der Waals surface area (Å²) in [6.07, 6.45) is 1.70. The van der Waals surface area contributed by atoms with Crippen molar-refractivity contribution in [2.75, 3.05) is 0 Å². The van der Waals surface area contributed by atoms with E-state index in [0.29, 0.717) is 23.6 Å². The van der Waals surface area contributed by atoms with Gasteiger partial charge in [-0.15, -0.1) is 11.3 Å². The minimum Gasteiger partial charge on any atom is -0.360 e. The average Bonchev–Trinajstić information content (AvgIpc) is 3.12. The third kappa shape index (κ3) is 3.10. The molecule has 0 atom stereocenters. The van der Waals surface area contributed by atoms with Gasteiger partial charge in [-0.1, -0.05) is 11.2 Å². The van der Waals surface area contributed by atoms with E-state index in [1.807, 2.05) is 30.3 Å². The van der Waals surface area contributed by atoms with E-state index in [1.54, 1.807) is 13.1 Å². The molecule has 0 aliphatic rings. The zero-order chi connectivity index (χ0) is 15.5. The summed E-state index contributed by atoms with van der Waals surface area (Å²) in [4.78, 5) is 17.5. The molecule has 0 bridgehead atoms. The molecule has 3 aromatic heterocycles. The van der Waals surface area contributed by atoms with Crippen LogP contribution in [0.25, 0.3) is 10.6 Å². The number of aromatic nitrogens is 2. The molecule has 22 heavy (non-hydrogen) atoms. The SMILES string of the molecule is Cc1onc(-c2ccc(Br)s2)c1C(=O)NCc1ccccn1. The topological polar surface area (TPSA) is 68.0 Å². The van der Waals surface area contributed by atoms with Crippen LogP contribution < -0.4 is 5.32 Å². The van der Waals surface area contributed by atoms with Gasteiger partial charge in [0.15, 0.2) is 0 Å². The van der Waals surface area contributed by atoms with Crippen LogP contribution >= 0.6 is 27.3 Å². The van der Waals surface area contributed by atoms with Gasteiger partial charge in [0, 0.05) is 6.20 Å². The number of thiophene rings is 1. The lowest BCUT2D eigenvalue weighted by Crippen LogP contribution is -2.24. The highest BCUT2D eigenvalue weighted by molar-refractivity contribution is 9.11. The average molecular weight is 378 g/mol. The summed E-state index contributed by atoms with van der Waals surface area (Å²) in [5.41, 5.74) is 1.82. The number of amides is 1. The summed E-state index contributed by atoms with van der Waals surface area (Å²) in [6.45, 7) is 2.09. The number of halogens is 1. The van der Waals surface area contributed by atoms with Crippen LogP contribution in [-0.2, 0) is 6.54 Å². The standard InChI is InChI=1S/C15H12BrN3O2S/c1-9-13(14(19-21-9)11-5-6-12(16)22-11)15(20)18-8-10-4-2-3-7-17-10/h2-7H,8H2,1H3,(H,18,20). The summed E-state index contributed by atoms with van der Waals surface area (Å²) in [5, 5.41) is 6.86. The molecule has 0 radical (unpaired) electrons. The fraction of sp³-hybridized carbons (Fsp3) is 0.133. The zero-order valence-electron chi connectivity index (χ0n) is 11.7. The molecule has 3 rings (SSSR count).